The number of amides is 1. The first-order valence-electron chi connectivity index (χ1n) is 10.8. The molecule has 3 aliphatic rings. The van der Waals surface area contributed by atoms with Crippen LogP contribution >= 0.6 is 24.0 Å². The van der Waals surface area contributed by atoms with E-state index in [9.17, 15) is 4.79 Å². The van der Waals surface area contributed by atoms with Crippen LogP contribution in [0.25, 0.3) is 0 Å². The topological polar surface area (TPSA) is 69.6 Å². The van der Waals surface area contributed by atoms with Crippen LogP contribution < -0.4 is 5.32 Å². The summed E-state index contributed by atoms with van der Waals surface area (Å²) < 4.78 is 10.9. The molecule has 3 fully saturated rings. The SMILES string of the molecule is CCOCCC1(CNC(=NC)N2CCN(CC(=O)N3CCOCC3)CC2)CC1.I. The number of nitrogens with one attached hydrogen (secondary N) is 1. The summed E-state index contributed by atoms with van der Waals surface area (Å²) in [6.45, 7) is 11.6. The Bertz CT molecular complexity index is 530. The highest BCUT2D eigenvalue weighted by atomic mass is 127. The van der Waals surface area contributed by atoms with E-state index in [2.05, 4.69) is 20.1 Å². The van der Waals surface area contributed by atoms with Crippen molar-refractivity contribution in [2.24, 2.45) is 10.4 Å². The summed E-state index contributed by atoms with van der Waals surface area (Å²) >= 11 is 0. The van der Waals surface area contributed by atoms with Crippen LogP contribution in [0.5, 0.6) is 0 Å². The Kier molecular flexibility index (Phi) is 10.4. The first kappa shape index (κ1) is 24.6. The summed E-state index contributed by atoms with van der Waals surface area (Å²) in [4.78, 5) is 23.4. The van der Waals surface area contributed by atoms with Gasteiger partial charge < -0.3 is 24.6 Å². The number of hydrogen-bond acceptors (Lipinski definition) is 5. The number of nitrogens with zero attached hydrogens (tertiary/aromatic N) is 4. The molecule has 29 heavy (non-hydrogen) atoms. The number of ether oxygens (including phenoxy) is 2. The maximum atomic E-state index is 12.4. The van der Waals surface area contributed by atoms with Crippen molar-refractivity contribution < 1.29 is 14.3 Å². The standard InChI is InChI=1S/C20H37N5O3.HI/c1-3-27-13-6-20(4-5-20)17-22-19(21-2)25-9-7-23(8-10-25)16-18(26)24-11-14-28-15-12-24;/h3-17H2,1-2H3,(H,21,22);1H. The summed E-state index contributed by atoms with van der Waals surface area (Å²) in [6.07, 6.45) is 3.69. The first-order valence-corrected chi connectivity index (χ1v) is 10.8. The van der Waals surface area contributed by atoms with Gasteiger partial charge in [-0.3, -0.25) is 14.7 Å². The minimum atomic E-state index is 0. The third kappa shape index (κ3) is 7.52. The highest BCUT2D eigenvalue weighted by molar-refractivity contribution is 14.0. The second-order valence-corrected chi connectivity index (χ2v) is 8.10. The van der Waals surface area contributed by atoms with E-state index in [1.807, 2.05) is 18.9 Å². The van der Waals surface area contributed by atoms with Crippen LogP contribution in [0.2, 0.25) is 0 Å². The molecule has 3 rings (SSSR count). The Morgan fingerprint density at radius 1 is 1.10 bits per heavy atom. The van der Waals surface area contributed by atoms with Crippen LogP contribution in [0.3, 0.4) is 0 Å². The molecule has 2 saturated heterocycles. The van der Waals surface area contributed by atoms with Crippen LogP contribution in [0.15, 0.2) is 4.99 Å². The lowest BCUT2D eigenvalue weighted by molar-refractivity contribution is -0.136. The van der Waals surface area contributed by atoms with E-state index in [0.29, 0.717) is 25.2 Å². The molecule has 8 nitrogen and oxygen atoms in total. The van der Waals surface area contributed by atoms with Crippen molar-refractivity contribution in [1.82, 2.24) is 20.0 Å². The molecular weight excluding hydrogens is 485 g/mol. The van der Waals surface area contributed by atoms with E-state index >= 15 is 0 Å². The van der Waals surface area contributed by atoms with Crippen LogP contribution in [-0.2, 0) is 14.3 Å². The van der Waals surface area contributed by atoms with Gasteiger partial charge in [-0.2, -0.15) is 0 Å². The van der Waals surface area contributed by atoms with Crippen molar-refractivity contribution in [3.63, 3.8) is 0 Å². The van der Waals surface area contributed by atoms with Crippen LogP contribution in [0.1, 0.15) is 26.2 Å². The van der Waals surface area contributed by atoms with Crippen LogP contribution in [0, 0.1) is 5.41 Å². The van der Waals surface area contributed by atoms with Gasteiger partial charge in [0.15, 0.2) is 5.96 Å². The van der Waals surface area contributed by atoms with Crippen LogP contribution in [-0.4, -0.2) is 112 Å². The minimum Gasteiger partial charge on any atom is -0.382 e. The number of carbonyl (C=O) groups excluding carboxylic acids is 1. The first-order chi connectivity index (χ1) is 13.7. The van der Waals surface area contributed by atoms with E-state index in [0.717, 1.165) is 71.4 Å². The summed E-state index contributed by atoms with van der Waals surface area (Å²) in [6, 6.07) is 0. The highest BCUT2D eigenvalue weighted by Crippen LogP contribution is 2.48. The quantitative estimate of drug-likeness (QED) is 0.221. The molecule has 1 aliphatic carbocycles. The predicted octanol–water partition coefficient (Wildman–Crippen LogP) is 0.863. The van der Waals surface area contributed by atoms with Crippen LogP contribution in [0.4, 0.5) is 0 Å². The van der Waals surface area contributed by atoms with Gasteiger partial charge >= 0.3 is 0 Å². The van der Waals surface area contributed by atoms with E-state index in [4.69, 9.17) is 9.47 Å². The zero-order valence-electron chi connectivity index (χ0n) is 18.0. The Balaban J connectivity index is 0.00000300. The number of guanidine groups is 1. The molecule has 2 heterocycles. The van der Waals surface area contributed by atoms with Gasteiger partial charge in [-0.25, -0.2) is 0 Å². The van der Waals surface area contributed by atoms with Crippen molar-refractivity contribution >= 4 is 35.8 Å². The molecule has 0 aromatic heterocycles. The Morgan fingerprint density at radius 3 is 2.38 bits per heavy atom. The number of morpholine rings is 1. The molecule has 2 aliphatic heterocycles. The maximum absolute atomic E-state index is 12.4. The average Bonchev–Trinajstić information content (AvgIpc) is 3.50. The normalized spacial score (nSPS) is 22.2. The molecule has 0 bridgehead atoms. The zero-order valence-corrected chi connectivity index (χ0v) is 20.4. The van der Waals surface area contributed by atoms with Gasteiger partial charge in [0.05, 0.1) is 19.8 Å². The Hall–Kier alpha value is -0.650. The molecule has 1 N–H and O–H groups in total. The predicted molar refractivity (Wildman–Crippen MR) is 125 cm³/mol. The largest absolute Gasteiger partial charge is 0.382 e. The summed E-state index contributed by atoms with van der Waals surface area (Å²) in [5.41, 5.74) is 0.400. The monoisotopic (exact) mass is 523 g/mol. The molecule has 1 saturated carbocycles. The molecule has 0 spiro atoms. The lowest BCUT2D eigenvalue weighted by Crippen LogP contribution is -2.55. The van der Waals surface area contributed by atoms with E-state index in [1.165, 1.54) is 12.8 Å². The second kappa shape index (κ2) is 12.3. The third-order valence-corrected chi connectivity index (χ3v) is 6.17. The van der Waals surface area contributed by atoms with E-state index < -0.39 is 0 Å². The molecule has 168 valence electrons. The molecule has 0 aromatic rings. The third-order valence-electron chi connectivity index (χ3n) is 6.17. The van der Waals surface area contributed by atoms with Crippen molar-refractivity contribution in [1.29, 1.82) is 0 Å². The van der Waals surface area contributed by atoms with E-state index in [1.54, 1.807) is 0 Å². The molecule has 9 heteroatoms. The van der Waals surface area contributed by atoms with Gasteiger partial charge in [-0.15, -0.1) is 24.0 Å². The number of aliphatic imine (C=N–C) groups is 1. The summed E-state index contributed by atoms with van der Waals surface area (Å²) in [7, 11) is 1.86. The zero-order chi connectivity index (χ0) is 19.8. The number of rotatable bonds is 8. The number of piperazine rings is 1. The Morgan fingerprint density at radius 2 is 1.79 bits per heavy atom. The molecule has 0 radical (unpaired) electrons. The molecule has 0 unspecified atom stereocenters. The second-order valence-electron chi connectivity index (χ2n) is 8.10. The van der Waals surface area contributed by atoms with Crippen molar-refractivity contribution in [2.45, 2.75) is 26.2 Å². The number of hydrogen-bond donors (Lipinski definition) is 1. The molecular formula is C20H38IN5O3. The Labute approximate surface area is 192 Å². The van der Waals surface area contributed by atoms with Crippen molar-refractivity contribution in [2.75, 3.05) is 85.8 Å². The average molecular weight is 523 g/mol. The van der Waals surface area contributed by atoms with Gasteiger partial charge in [-0.05, 0) is 31.6 Å². The fourth-order valence-corrected chi connectivity index (χ4v) is 3.95. The fourth-order valence-electron chi connectivity index (χ4n) is 3.95. The minimum absolute atomic E-state index is 0. The molecule has 0 aromatic carbocycles. The van der Waals surface area contributed by atoms with Gasteiger partial charge in [0.1, 0.15) is 0 Å². The summed E-state index contributed by atoms with van der Waals surface area (Å²) in [5.74, 6) is 1.21. The molecule has 0 atom stereocenters. The number of halogens is 1. The lowest BCUT2D eigenvalue weighted by atomic mass is 10.0. The number of carbonyl (C=O) groups is 1. The smallest absolute Gasteiger partial charge is 0.236 e. The van der Waals surface area contributed by atoms with Gasteiger partial charge in [0.2, 0.25) is 5.91 Å². The van der Waals surface area contributed by atoms with Crippen molar-refractivity contribution in [3.8, 4) is 0 Å². The van der Waals surface area contributed by atoms with Gasteiger partial charge in [0, 0.05) is 66.1 Å². The molecule has 1 amide bonds. The van der Waals surface area contributed by atoms with Gasteiger partial charge in [0.25, 0.3) is 0 Å². The fraction of sp³-hybridized carbons (Fsp3) is 0.900. The van der Waals surface area contributed by atoms with Gasteiger partial charge in [-0.1, -0.05) is 0 Å². The maximum Gasteiger partial charge on any atom is 0.236 e. The summed E-state index contributed by atoms with van der Waals surface area (Å²) in [5, 5.41) is 3.59. The van der Waals surface area contributed by atoms with Crippen molar-refractivity contribution in [3.05, 3.63) is 0 Å². The highest BCUT2D eigenvalue weighted by Gasteiger charge is 2.42. The lowest BCUT2D eigenvalue weighted by Gasteiger charge is -2.37. The van der Waals surface area contributed by atoms with E-state index in [-0.39, 0.29) is 29.9 Å².